The van der Waals surface area contributed by atoms with Gasteiger partial charge in [0.1, 0.15) is 18.3 Å². The highest BCUT2D eigenvalue weighted by Crippen LogP contribution is 2.18. The Morgan fingerprint density at radius 3 is 1.18 bits per heavy atom. The summed E-state index contributed by atoms with van der Waals surface area (Å²) in [5.41, 5.74) is 10.6. The maximum Gasteiger partial charge on any atom is 0.394 e. The van der Waals surface area contributed by atoms with Gasteiger partial charge in [-0.25, -0.2) is 0 Å². The van der Waals surface area contributed by atoms with E-state index in [0.29, 0.717) is 0 Å². The predicted octanol–water partition coefficient (Wildman–Crippen LogP) is -4.55. The van der Waals surface area contributed by atoms with Crippen molar-refractivity contribution in [1.29, 1.82) is 0 Å². The number of hydrogen-bond acceptors (Lipinski definition) is 8. The Hall–Kier alpha value is -0.370. The van der Waals surface area contributed by atoms with Gasteiger partial charge in [0.05, 0.1) is 18.2 Å². The van der Waals surface area contributed by atoms with Crippen molar-refractivity contribution in [2.75, 3.05) is 0 Å². The molecule has 0 spiro atoms. The van der Waals surface area contributed by atoms with Gasteiger partial charge in [-0.05, 0) is 0 Å². The van der Waals surface area contributed by atoms with Crippen molar-refractivity contribution in [2.45, 2.75) is 36.5 Å². The minimum absolute atomic E-state index is 1.02. The molecule has 10 nitrogen and oxygen atoms in total. The molecule has 0 saturated heterocycles. The number of aliphatic hydroxyl groups excluding tert-OH is 4. The van der Waals surface area contributed by atoms with Gasteiger partial charge in [0.25, 0.3) is 0 Å². The summed E-state index contributed by atoms with van der Waals surface area (Å²) in [5.74, 6) is 0. The summed E-state index contributed by atoms with van der Waals surface area (Å²) in [6.45, 7) is 0. The van der Waals surface area contributed by atoms with Gasteiger partial charge >= 0.3 is 10.4 Å². The highest BCUT2D eigenvalue weighted by molar-refractivity contribution is 7.79. The van der Waals surface area contributed by atoms with E-state index in [9.17, 15) is 5.11 Å². The topological polar surface area (TPSA) is 208 Å². The van der Waals surface area contributed by atoms with Crippen molar-refractivity contribution < 1.29 is 37.9 Å². The van der Waals surface area contributed by atoms with Gasteiger partial charge in [-0.15, -0.1) is 0 Å². The molecule has 0 aromatic heterocycles. The Labute approximate surface area is 97.1 Å². The van der Waals surface area contributed by atoms with Crippen LogP contribution in [-0.4, -0.2) is 74.4 Å². The van der Waals surface area contributed by atoms with Crippen LogP contribution in [0, 0.1) is 0 Å². The summed E-state index contributed by atoms with van der Waals surface area (Å²) in [5, 5.41) is 36.7. The van der Waals surface area contributed by atoms with Crippen molar-refractivity contribution in [1.82, 2.24) is 0 Å². The van der Waals surface area contributed by atoms with Crippen LogP contribution in [0.2, 0.25) is 0 Å². The fourth-order valence-corrected chi connectivity index (χ4v) is 1.32. The summed E-state index contributed by atoms with van der Waals surface area (Å²) in [7, 11) is -4.67. The second-order valence-corrected chi connectivity index (χ2v) is 4.46. The molecule has 10 N–H and O–H groups in total. The molecule has 0 bridgehead atoms. The average Bonchev–Trinajstić information content (AvgIpc) is 2.18. The molecule has 0 aromatic rings. The van der Waals surface area contributed by atoms with E-state index in [1.54, 1.807) is 0 Å². The first-order valence-corrected chi connectivity index (χ1v) is 5.79. The molecule has 1 aliphatic rings. The van der Waals surface area contributed by atoms with Gasteiger partial charge in [0.15, 0.2) is 0 Å². The Bertz CT molecular complexity index is 268. The molecule has 0 amide bonds. The molecule has 1 fully saturated rings. The molecule has 17 heavy (non-hydrogen) atoms. The quantitative estimate of drug-likeness (QED) is 0.198. The SMILES string of the molecule is N[C@@H]1C(O)[C@H](N)[C@@H](O)C(O)[C@H]1O.O=S(=O)(O)O. The third kappa shape index (κ3) is 5.20. The second kappa shape index (κ2) is 5.99. The van der Waals surface area contributed by atoms with Gasteiger partial charge in [-0.2, -0.15) is 8.42 Å². The molecule has 2 unspecified atom stereocenters. The van der Waals surface area contributed by atoms with Crippen LogP contribution in [0.25, 0.3) is 0 Å². The first-order chi connectivity index (χ1) is 7.46. The van der Waals surface area contributed by atoms with Crippen LogP contribution < -0.4 is 11.5 Å². The van der Waals surface area contributed by atoms with Crippen LogP contribution in [-0.2, 0) is 10.4 Å². The average molecular weight is 276 g/mol. The smallest absolute Gasteiger partial charge is 0.390 e. The van der Waals surface area contributed by atoms with Gasteiger partial charge in [0.2, 0.25) is 0 Å². The summed E-state index contributed by atoms with van der Waals surface area (Å²) in [6, 6.07) is -2.03. The zero-order valence-electron chi connectivity index (χ0n) is 8.53. The van der Waals surface area contributed by atoms with Crippen molar-refractivity contribution in [2.24, 2.45) is 11.5 Å². The maximum atomic E-state index is 9.22. The van der Waals surface area contributed by atoms with Crippen LogP contribution in [0.3, 0.4) is 0 Å². The standard InChI is InChI=1S/C6H14N2O4.H2O4S/c7-1-3(9)2(8)5(11)6(12)4(1)10;1-5(2,3)4/h1-6,9-12H,7-8H2;(H2,1,2,3,4)/t1-,2+,3?,4+,5-,6?;. The van der Waals surface area contributed by atoms with Gasteiger partial charge in [-0.3, -0.25) is 9.11 Å². The number of hydrogen-bond donors (Lipinski definition) is 8. The largest absolute Gasteiger partial charge is 0.394 e. The van der Waals surface area contributed by atoms with Crippen molar-refractivity contribution in [3.05, 3.63) is 0 Å². The fraction of sp³-hybridized carbons (Fsp3) is 1.00. The van der Waals surface area contributed by atoms with Gasteiger partial charge < -0.3 is 31.9 Å². The Kier molecular flexibility index (Phi) is 5.86. The zero-order chi connectivity index (χ0) is 14.0. The van der Waals surface area contributed by atoms with E-state index >= 15 is 0 Å². The van der Waals surface area contributed by atoms with Crippen LogP contribution in [0.15, 0.2) is 0 Å². The lowest BCUT2D eigenvalue weighted by Gasteiger charge is -2.40. The van der Waals surface area contributed by atoms with E-state index in [4.69, 9.17) is 44.3 Å². The van der Waals surface area contributed by atoms with E-state index < -0.39 is 46.9 Å². The number of aliphatic hydroxyl groups is 4. The summed E-state index contributed by atoms with van der Waals surface area (Å²) in [4.78, 5) is 0. The number of rotatable bonds is 0. The minimum atomic E-state index is -4.67. The Morgan fingerprint density at radius 2 is 0.941 bits per heavy atom. The van der Waals surface area contributed by atoms with Crippen molar-refractivity contribution >= 4 is 10.4 Å². The minimum Gasteiger partial charge on any atom is -0.390 e. The van der Waals surface area contributed by atoms with Crippen molar-refractivity contribution in [3.8, 4) is 0 Å². The highest BCUT2D eigenvalue weighted by atomic mass is 32.3. The van der Waals surface area contributed by atoms with E-state index in [0.717, 1.165) is 0 Å². The molecule has 0 aromatic carbocycles. The lowest BCUT2D eigenvalue weighted by molar-refractivity contribution is -0.137. The fourth-order valence-electron chi connectivity index (χ4n) is 1.32. The third-order valence-corrected chi connectivity index (χ3v) is 2.28. The molecule has 0 heterocycles. The molecule has 6 atom stereocenters. The molecule has 0 radical (unpaired) electrons. The van der Waals surface area contributed by atoms with Crippen LogP contribution >= 0.6 is 0 Å². The van der Waals surface area contributed by atoms with Crippen LogP contribution in [0.5, 0.6) is 0 Å². The molecule has 1 aliphatic carbocycles. The molecule has 11 heteroatoms. The van der Waals surface area contributed by atoms with E-state index in [-0.39, 0.29) is 0 Å². The van der Waals surface area contributed by atoms with E-state index in [1.165, 1.54) is 0 Å². The normalized spacial score (nSPS) is 42.6. The molecular formula is C6H16N2O8S. The molecule has 1 saturated carbocycles. The first kappa shape index (κ1) is 16.6. The van der Waals surface area contributed by atoms with Crippen LogP contribution in [0.4, 0.5) is 0 Å². The van der Waals surface area contributed by atoms with Gasteiger partial charge in [0, 0.05) is 0 Å². The van der Waals surface area contributed by atoms with Gasteiger partial charge in [-0.1, -0.05) is 0 Å². The van der Waals surface area contributed by atoms with E-state index in [2.05, 4.69) is 0 Å². The van der Waals surface area contributed by atoms with Crippen LogP contribution in [0.1, 0.15) is 0 Å². The highest BCUT2D eigenvalue weighted by Gasteiger charge is 2.45. The molecular weight excluding hydrogens is 260 g/mol. The number of nitrogens with two attached hydrogens (primary N) is 2. The summed E-state index contributed by atoms with van der Waals surface area (Å²) in [6.07, 6.45) is -5.26. The monoisotopic (exact) mass is 276 g/mol. The first-order valence-electron chi connectivity index (χ1n) is 4.40. The maximum absolute atomic E-state index is 9.22. The molecule has 104 valence electrons. The van der Waals surface area contributed by atoms with E-state index in [1.807, 2.05) is 0 Å². The Morgan fingerprint density at radius 1 is 0.706 bits per heavy atom. The Balaban J connectivity index is 0.000000437. The third-order valence-electron chi connectivity index (χ3n) is 2.28. The van der Waals surface area contributed by atoms with Crippen molar-refractivity contribution in [3.63, 3.8) is 0 Å². The second-order valence-electron chi connectivity index (χ2n) is 3.56. The molecule has 1 rings (SSSR count). The summed E-state index contributed by atoms with van der Waals surface area (Å²) < 4.78 is 31.6. The zero-order valence-corrected chi connectivity index (χ0v) is 9.34. The molecule has 0 aliphatic heterocycles. The predicted molar refractivity (Wildman–Crippen MR) is 54.2 cm³/mol. The summed E-state index contributed by atoms with van der Waals surface area (Å²) >= 11 is 0. The lowest BCUT2D eigenvalue weighted by Crippen LogP contribution is -2.69. The lowest BCUT2D eigenvalue weighted by atomic mass is 9.82.